The highest BCUT2D eigenvalue weighted by Crippen LogP contribution is 2.32. The first-order valence-corrected chi connectivity index (χ1v) is 10.4. The summed E-state index contributed by atoms with van der Waals surface area (Å²) in [5, 5.41) is 17.7. The Morgan fingerprint density at radius 1 is 1.30 bits per heavy atom. The maximum atomic E-state index is 12.6. The summed E-state index contributed by atoms with van der Waals surface area (Å²) in [5.74, 6) is -0.523. The molecule has 2 N–H and O–H groups in total. The first-order valence-electron chi connectivity index (χ1n) is 8.96. The predicted molar refractivity (Wildman–Crippen MR) is 106 cm³/mol. The highest BCUT2D eigenvalue weighted by atomic mass is 32.2. The molecule has 0 unspecified atom stereocenters. The van der Waals surface area contributed by atoms with Crippen LogP contribution in [0.15, 0.2) is 29.2 Å². The third kappa shape index (κ3) is 5.75. The lowest BCUT2D eigenvalue weighted by Crippen LogP contribution is -2.27. The average Bonchev–Trinajstić information content (AvgIpc) is 3.07. The smallest absolute Gasteiger partial charge is 0.272 e. The minimum Gasteiger partial charge on any atom is -0.438 e. The number of ether oxygens (including phenoxy) is 2. The van der Waals surface area contributed by atoms with E-state index in [9.17, 15) is 23.3 Å². The number of nitro benzene ring substituents is 1. The molecule has 1 aromatic heterocycles. The molecule has 0 fully saturated rings. The predicted octanol–water partition coefficient (Wildman–Crippen LogP) is 1.19. The van der Waals surface area contributed by atoms with Gasteiger partial charge in [-0.15, -0.1) is 0 Å². The Labute approximate surface area is 173 Å². The summed E-state index contributed by atoms with van der Waals surface area (Å²) >= 11 is 0. The van der Waals surface area contributed by atoms with Crippen LogP contribution < -0.4 is 14.8 Å². The Morgan fingerprint density at radius 3 is 2.67 bits per heavy atom. The van der Waals surface area contributed by atoms with Gasteiger partial charge in [-0.3, -0.25) is 14.9 Å². The Bertz CT molecular complexity index is 1020. The molecule has 2 rings (SSSR count). The summed E-state index contributed by atoms with van der Waals surface area (Å²) in [7, 11) is -1.05. The zero-order valence-electron chi connectivity index (χ0n) is 16.7. The lowest BCUT2D eigenvalue weighted by atomic mass is 10.3. The van der Waals surface area contributed by atoms with E-state index in [0.717, 1.165) is 12.1 Å². The number of hydrogen-bond acceptors (Lipinski definition) is 8. The van der Waals surface area contributed by atoms with Crippen molar-refractivity contribution in [3.8, 4) is 11.6 Å². The number of methoxy groups -OCH3 is 1. The number of carbonyl (C=O) groups excluding carboxylic acids is 1. The molecule has 0 saturated heterocycles. The van der Waals surface area contributed by atoms with Crippen molar-refractivity contribution in [2.24, 2.45) is 7.05 Å². The largest absolute Gasteiger partial charge is 0.438 e. The SMILES string of the molecule is CCCNS(=O)(=O)c1cc([N+](=O)[O-])ccc1Oc1cc(C(=O)NCCOC)nn1C. The molecule has 1 amide bonds. The van der Waals surface area contributed by atoms with Gasteiger partial charge in [0.25, 0.3) is 11.6 Å². The Kier molecular flexibility index (Phi) is 7.86. The molecule has 12 nitrogen and oxygen atoms in total. The van der Waals surface area contributed by atoms with Crippen LogP contribution in [0.2, 0.25) is 0 Å². The molecule has 164 valence electrons. The number of amides is 1. The van der Waals surface area contributed by atoms with E-state index in [-0.39, 0.29) is 30.4 Å². The molecule has 1 aromatic carbocycles. The molecule has 13 heteroatoms. The average molecular weight is 441 g/mol. The lowest BCUT2D eigenvalue weighted by Gasteiger charge is -2.12. The minimum atomic E-state index is -4.07. The van der Waals surface area contributed by atoms with Crippen molar-refractivity contribution in [2.45, 2.75) is 18.2 Å². The molecule has 0 spiro atoms. The number of nitrogens with zero attached hydrogens (tertiary/aromatic N) is 3. The van der Waals surface area contributed by atoms with Crippen molar-refractivity contribution in [1.29, 1.82) is 0 Å². The molecule has 0 atom stereocenters. The van der Waals surface area contributed by atoms with Crippen molar-refractivity contribution in [3.05, 3.63) is 40.1 Å². The topological polar surface area (TPSA) is 155 Å². The molecular weight excluding hydrogens is 418 g/mol. The van der Waals surface area contributed by atoms with E-state index in [2.05, 4.69) is 15.1 Å². The molecule has 30 heavy (non-hydrogen) atoms. The van der Waals surface area contributed by atoms with Crippen LogP contribution in [0.25, 0.3) is 0 Å². The van der Waals surface area contributed by atoms with Gasteiger partial charge < -0.3 is 14.8 Å². The number of rotatable bonds is 11. The summed E-state index contributed by atoms with van der Waals surface area (Å²) in [6.45, 7) is 2.55. The van der Waals surface area contributed by atoms with Gasteiger partial charge in [-0.2, -0.15) is 5.10 Å². The number of aromatic nitrogens is 2. The van der Waals surface area contributed by atoms with Gasteiger partial charge in [0.05, 0.1) is 11.5 Å². The summed E-state index contributed by atoms with van der Waals surface area (Å²) < 4.78 is 39.3. The summed E-state index contributed by atoms with van der Waals surface area (Å²) in [5.41, 5.74) is -0.346. The van der Waals surface area contributed by atoms with E-state index in [0.29, 0.717) is 13.0 Å². The number of nitrogens with one attached hydrogen (secondary N) is 2. The van der Waals surface area contributed by atoms with Gasteiger partial charge in [0, 0.05) is 45.4 Å². The monoisotopic (exact) mass is 441 g/mol. The molecule has 2 aromatic rings. The second kappa shape index (κ2) is 10.1. The van der Waals surface area contributed by atoms with Crippen LogP contribution in [0.1, 0.15) is 23.8 Å². The number of nitro groups is 1. The second-order valence-corrected chi connectivity index (χ2v) is 7.86. The number of hydrogen-bond donors (Lipinski definition) is 2. The van der Waals surface area contributed by atoms with Gasteiger partial charge in [-0.05, 0) is 12.5 Å². The van der Waals surface area contributed by atoms with Crippen molar-refractivity contribution in [3.63, 3.8) is 0 Å². The zero-order chi connectivity index (χ0) is 22.3. The molecule has 0 aliphatic carbocycles. The standard InChI is InChI=1S/C17H23N5O7S/c1-4-7-19-30(26,27)15-10-12(22(24)25)5-6-14(15)29-16-11-13(20-21(16)2)17(23)18-8-9-28-3/h5-6,10-11,19H,4,7-9H2,1-3H3,(H,18,23). The van der Waals surface area contributed by atoms with Crippen molar-refractivity contribution >= 4 is 21.6 Å². The molecule has 1 heterocycles. The maximum absolute atomic E-state index is 12.6. The van der Waals surface area contributed by atoms with Crippen molar-refractivity contribution in [1.82, 2.24) is 19.8 Å². The number of aryl methyl sites for hydroxylation is 1. The third-order valence-electron chi connectivity index (χ3n) is 3.85. The van der Waals surface area contributed by atoms with E-state index >= 15 is 0 Å². The van der Waals surface area contributed by atoms with Gasteiger partial charge in [-0.1, -0.05) is 6.92 Å². The van der Waals surface area contributed by atoms with E-state index in [1.165, 1.54) is 31.0 Å². The number of benzene rings is 1. The summed E-state index contributed by atoms with van der Waals surface area (Å²) in [6.07, 6.45) is 0.535. The Hall–Kier alpha value is -3.03. The van der Waals surface area contributed by atoms with Crippen molar-refractivity contribution < 1.29 is 27.6 Å². The Balaban J connectivity index is 2.36. The van der Waals surface area contributed by atoms with Gasteiger partial charge >= 0.3 is 0 Å². The quantitative estimate of drug-likeness (QED) is 0.299. The zero-order valence-corrected chi connectivity index (χ0v) is 17.6. The summed E-state index contributed by atoms with van der Waals surface area (Å²) in [4.78, 5) is 22.1. The molecular formula is C17H23N5O7S. The number of non-ortho nitro benzene ring substituents is 1. The highest BCUT2D eigenvalue weighted by molar-refractivity contribution is 7.89. The minimum absolute atomic E-state index is 0.0547. The highest BCUT2D eigenvalue weighted by Gasteiger charge is 2.24. The van der Waals surface area contributed by atoms with Crippen LogP contribution in [-0.2, 0) is 21.8 Å². The van der Waals surface area contributed by atoms with Crippen LogP contribution in [0.5, 0.6) is 11.6 Å². The van der Waals surface area contributed by atoms with Crippen LogP contribution in [0.3, 0.4) is 0 Å². The summed E-state index contributed by atoms with van der Waals surface area (Å²) in [6, 6.07) is 4.56. The third-order valence-corrected chi connectivity index (χ3v) is 5.33. The van der Waals surface area contributed by atoms with E-state index in [1.54, 1.807) is 6.92 Å². The number of sulfonamides is 1. The van der Waals surface area contributed by atoms with Crippen molar-refractivity contribution in [2.75, 3.05) is 26.8 Å². The van der Waals surface area contributed by atoms with Crippen LogP contribution >= 0.6 is 0 Å². The lowest BCUT2D eigenvalue weighted by molar-refractivity contribution is -0.385. The van der Waals surface area contributed by atoms with Gasteiger partial charge in [0.15, 0.2) is 5.69 Å². The van der Waals surface area contributed by atoms with Gasteiger partial charge in [0.2, 0.25) is 15.9 Å². The number of carbonyl (C=O) groups is 1. The van der Waals surface area contributed by atoms with E-state index in [4.69, 9.17) is 9.47 Å². The van der Waals surface area contributed by atoms with Crippen LogP contribution in [-0.4, -0.2) is 55.8 Å². The first kappa shape index (κ1) is 23.3. The fourth-order valence-electron chi connectivity index (χ4n) is 2.35. The molecule has 0 radical (unpaired) electrons. The maximum Gasteiger partial charge on any atom is 0.272 e. The first-order chi connectivity index (χ1) is 14.2. The second-order valence-electron chi connectivity index (χ2n) is 6.13. The van der Waals surface area contributed by atoms with Gasteiger partial charge in [0.1, 0.15) is 10.6 Å². The van der Waals surface area contributed by atoms with E-state index in [1.807, 2.05) is 0 Å². The molecule has 0 aliphatic heterocycles. The Morgan fingerprint density at radius 2 is 2.03 bits per heavy atom. The molecule has 0 aliphatic rings. The van der Waals surface area contributed by atoms with E-state index < -0.39 is 31.4 Å². The normalized spacial score (nSPS) is 11.3. The van der Waals surface area contributed by atoms with Gasteiger partial charge in [-0.25, -0.2) is 17.8 Å². The fraction of sp³-hybridized carbons (Fsp3) is 0.412. The molecule has 0 bridgehead atoms. The van der Waals surface area contributed by atoms with Crippen LogP contribution in [0, 0.1) is 10.1 Å². The fourth-order valence-corrected chi connectivity index (χ4v) is 3.62. The molecule has 0 saturated carbocycles. The van der Waals surface area contributed by atoms with Crippen LogP contribution in [0.4, 0.5) is 5.69 Å².